The van der Waals surface area contributed by atoms with Gasteiger partial charge in [-0.3, -0.25) is 0 Å². The van der Waals surface area contributed by atoms with Gasteiger partial charge in [0, 0.05) is 5.56 Å². The van der Waals surface area contributed by atoms with Crippen molar-refractivity contribution in [2.45, 2.75) is 25.2 Å². The van der Waals surface area contributed by atoms with Crippen molar-refractivity contribution < 1.29 is 26.7 Å². The second-order valence-electron chi connectivity index (χ2n) is 7.02. The van der Waals surface area contributed by atoms with Crippen molar-refractivity contribution in [2.75, 3.05) is 5.75 Å². The molecular weight excluding hydrogens is 496 g/mol. The van der Waals surface area contributed by atoms with E-state index in [-0.39, 0.29) is 32.8 Å². The highest BCUT2D eigenvalue weighted by atomic mass is 35.5. The van der Waals surface area contributed by atoms with Crippen LogP contribution in [0.25, 0.3) is 11.5 Å². The third-order valence-corrected chi connectivity index (χ3v) is 6.07. The van der Waals surface area contributed by atoms with E-state index in [1.807, 2.05) is 0 Å². The van der Waals surface area contributed by atoms with Gasteiger partial charge in [0.1, 0.15) is 11.3 Å². The molecule has 0 aliphatic rings. The summed E-state index contributed by atoms with van der Waals surface area (Å²) >= 11 is 11.8. The lowest BCUT2D eigenvalue weighted by Gasteiger charge is -2.21. The fourth-order valence-corrected chi connectivity index (χ4v) is 4.22. The molecule has 0 radical (unpaired) electrons. The maximum absolute atomic E-state index is 13.4. The minimum atomic E-state index is -4.68. The van der Waals surface area contributed by atoms with E-state index < -0.39 is 39.7 Å². The van der Waals surface area contributed by atoms with Crippen LogP contribution < -0.4 is 5.14 Å². The van der Waals surface area contributed by atoms with Crippen molar-refractivity contribution in [3.05, 3.63) is 57.2 Å². The van der Waals surface area contributed by atoms with E-state index in [1.54, 1.807) is 0 Å². The summed E-state index contributed by atoms with van der Waals surface area (Å²) in [5, 5.41) is 26.6. The third-order valence-electron chi connectivity index (χ3n) is 4.27. The summed E-state index contributed by atoms with van der Waals surface area (Å²) in [7, 11) is -4.01. The number of nitrogens with two attached hydrogens (primary N) is 1. The Morgan fingerprint density at radius 3 is 2.50 bits per heavy atom. The molecule has 15 heteroatoms. The Morgan fingerprint density at radius 2 is 1.88 bits per heavy atom. The molecule has 0 spiro atoms. The van der Waals surface area contributed by atoms with E-state index in [0.29, 0.717) is 0 Å². The smallest absolute Gasteiger partial charge is 0.383 e. The summed E-state index contributed by atoms with van der Waals surface area (Å²) < 4.78 is 62.8. The Morgan fingerprint density at radius 1 is 1.19 bits per heavy atom. The highest BCUT2D eigenvalue weighted by molar-refractivity contribution is 7.89. The predicted octanol–water partition coefficient (Wildman–Crippen LogP) is 2.61. The van der Waals surface area contributed by atoms with E-state index in [0.717, 1.165) is 16.9 Å². The number of primary sulfonamides is 1. The number of nitrogens with zero attached hydrogens (tertiary/aromatic N) is 5. The minimum Gasteiger partial charge on any atom is -0.383 e. The first-order valence-corrected chi connectivity index (χ1v) is 11.2. The van der Waals surface area contributed by atoms with Crippen LogP contribution in [0.2, 0.25) is 10.0 Å². The monoisotopic (exact) mass is 510 g/mol. The van der Waals surface area contributed by atoms with Crippen LogP contribution in [0, 0.1) is 0 Å². The van der Waals surface area contributed by atoms with Crippen LogP contribution in [0.1, 0.15) is 23.7 Å². The average Bonchev–Trinajstić information content (AvgIpc) is 3.11. The highest BCUT2D eigenvalue weighted by Gasteiger charge is 2.35. The number of benzene rings is 1. The molecule has 3 rings (SSSR count). The molecule has 0 bridgehead atoms. The van der Waals surface area contributed by atoms with Crippen LogP contribution in [0.4, 0.5) is 13.2 Å². The van der Waals surface area contributed by atoms with Crippen molar-refractivity contribution >= 4 is 33.2 Å². The molecule has 0 fully saturated rings. The van der Waals surface area contributed by atoms with Crippen LogP contribution >= 0.6 is 23.2 Å². The molecule has 0 saturated heterocycles. The molecule has 0 amide bonds. The van der Waals surface area contributed by atoms with E-state index in [9.17, 15) is 26.7 Å². The standard InChI is InChI=1S/C17H15Cl2F3N6O3S/c1-16(29,8-32(23,30)31)13-4-2-3-12(24-13)15-25-27-28(26-15)7-9-10(17(20,21)22)5-6-11(18)14(9)19/h2-6,29H,7-8H2,1H3,(H2,23,30,31). The Kier molecular flexibility index (Phi) is 6.50. The van der Waals surface area contributed by atoms with Crippen molar-refractivity contribution in [1.82, 2.24) is 25.2 Å². The van der Waals surface area contributed by atoms with Gasteiger partial charge in [-0.1, -0.05) is 29.3 Å². The molecule has 1 aromatic carbocycles. The summed E-state index contributed by atoms with van der Waals surface area (Å²) in [4.78, 5) is 5.01. The third kappa shape index (κ3) is 5.53. The van der Waals surface area contributed by atoms with Gasteiger partial charge in [0.05, 0.1) is 33.6 Å². The summed E-state index contributed by atoms with van der Waals surface area (Å²) in [6, 6.07) is 6.14. The minimum absolute atomic E-state index is 0.0300. The Hall–Kier alpha value is -2.32. The lowest BCUT2D eigenvalue weighted by atomic mass is 10.0. The zero-order valence-electron chi connectivity index (χ0n) is 16.2. The molecular formula is C17H15Cl2F3N6O3S. The summed E-state index contributed by atoms with van der Waals surface area (Å²) in [6.45, 7) is 0.734. The van der Waals surface area contributed by atoms with Crippen LogP contribution in [0.15, 0.2) is 30.3 Å². The Labute approximate surface area is 190 Å². The summed E-state index contributed by atoms with van der Waals surface area (Å²) in [5.74, 6) is -0.866. The number of aliphatic hydroxyl groups is 1. The fraction of sp³-hybridized carbons (Fsp3) is 0.294. The number of alkyl halides is 3. The molecule has 0 saturated carbocycles. The maximum Gasteiger partial charge on any atom is 0.416 e. The summed E-state index contributed by atoms with van der Waals surface area (Å²) in [5.41, 5.74) is -3.18. The second-order valence-corrected chi connectivity index (χ2v) is 9.42. The van der Waals surface area contributed by atoms with Gasteiger partial charge in [-0.25, -0.2) is 18.5 Å². The van der Waals surface area contributed by atoms with E-state index >= 15 is 0 Å². The molecule has 0 aliphatic carbocycles. The highest BCUT2D eigenvalue weighted by Crippen LogP contribution is 2.38. The van der Waals surface area contributed by atoms with Crippen LogP contribution in [-0.4, -0.2) is 44.5 Å². The van der Waals surface area contributed by atoms with Gasteiger partial charge in [-0.15, -0.1) is 10.2 Å². The lowest BCUT2D eigenvalue weighted by Crippen LogP contribution is -2.35. The van der Waals surface area contributed by atoms with Crippen molar-refractivity contribution in [3.8, 4) is 11.5 Å². The SMILES string of the molecule is CC(O)(CS(N)(=O)=O)c1cccc(-c2nnn(Cc3c(C(F)(F)F)ccc(Cl)c3Cl)n2)n1. The molecule has 2 heterocycles. The first-order valence-electron chi connectivity index (χ1n) is 8.70. The largest absolute Gasteiger partial charge is 0.416 e. The number of halogens is 5. The molecule has 3 N–H and O–H groups in total. The number of hydrogen-bond acceptors (Lipinski definition) is 7. The van der Waals surface area contributed by atoms with Crippen molar-refractivity contribution in [1.29, 1.82) is 0 Å². The number of hydrogen-bond donors (Lipinski definition) is 2. The van der Waals surface area contributed by atoms with Gasteiger partial charge in [-0.05, 0) is 36.4 Å². The van der Waals surface area contributed by atoms with Gasteiger partial charge < -0.3 is 5.11 Å². The van der Waals surface area contributed by atoms with Crippen LogP contribution in [0.5, 0.6) is 0 Å². The molecule has 1 atom stereocenters. The van der Waals surface area contributed by atoms with Gasteiger partial charge in [-0.2, -0.15) is 18.0 Å². The second kappa shape index (κ2) is 8.56. The Bertz CT molecular complexity index is 1260. The van der Waals surface area contributed by atoms with Crippen molar-refractivity contribution in [2.24, 2.45) is 5.14 Å². The quantitative estimate of drug-likeness (QED) is 0.519. The molecule has 0 aliphatic heterocycles. The normalized spacial score (nSPS) is 14.4. The molecule has 172 valence electrons. The van der Waals surface area contributed by atoms with Crippen molar-refractivity contribution in [3.63, 3.8) is 0 Å². The zero-order valence-corrected chi connectivity index (χ0v) is 18.5. The maximum atomic E-state index is 13.4. The van der Waals surface area contributed by atoms with Gasteiger partial charge in [0.25, 0.3) is 0 Å². The van der Waals surface area contributed by atoms with Crippen LogP contribution in [0.3, 0.4) is 0 Å². The van der Waals surface area contributed by atoms with E-state index in [4.69, 9.17) is 28.3 Å². The van der Waals surface area contributed by atoms with E-state index in [2.05, 4.69) is 20.4 Å². The zero-order chi connectivity index (χ0) is 23.9. The number of tetrazole rings is 1. The number of rotatable bonds is 6. The van der Waals surface area contributed by atoms with E-state index in [1.165, 1.54) is 25.1 Å². The molecule has 9 nitrogen and oxygen atoms in total. The molecule has 1 unspecified atom stereocenters. The lowest BCUT2D eigenvalue weighted by molar-refractivity contribution is -0.138. The van der Waals surface area contributed by atoms with Gasteiger partial charge in [0.2, 0.25) is 15.8 Å². The van der Waals surface area contributed by atoms with Crippen LogP contribution in [-0.2, 0) is 28.3 Å². The predicted molar refractivity (Wildman–Crippen MR) is 109 cm³/mol. The molecule has 2 aromatic heterocycles. The summed E-state index contributed by atoms with van der Waals surface area (Å²) in [6.07, 6.45) is -4.68. The number of pyridine rings is 1. The Balaban J connectivity index is 1.94. The van der Waals surface area contributed by atoms with Gasteiger partial charge >= 0.3 is 6.18 Å². The molecule has 3 aromatic rings. The topological polar surface area (TPSA) is 137 Å². The number of aromatic nitrogens is 5. The molecule has 32 heavy (non-hydrogen) atoms. The number of sulfonamides is 1. The fourth-order valence-electron chi connectivity index (χ4n) is 2.89. The average molecular weight is 511 g/mol. The first kappa shape index (κ1) is 24.3. The first-order chi connectivity index (χ1) is 14.7. The van der Waals surface area contributed by atoms with Gasteiger partial charge in [0.15, 0.2) is 0 Å².